The molecule has 0 spiro atoms. The van der Waals surface area contributed by atoms with Crippen LogP contribution >= 0.6 is 15.9 Å². The van der Waals surface area contributed by atoms with Crippen LogP contribution in [-0.2, 0) is 6.54 Å². The van der Waals surface area contributed by atoms with Crippen LogP contribution in [0.4, 0.5) is 5.82 Å². The summed E-state index contributed by atoms with van der Waals surface area (Å²) in [7, 11) is 0. The number of fused-ring (bicyclic) bond motifs is 1. The van der Waals surface area contributed by atoms with E-state index in [0.29, 0.717) is 6.54 Å². The van der Waals surface area contributed by atoms with Crippen LogP contribution in [0.25, 0.3) is 33.4 Å². The minimum absolute atomic E-state index is 0.671. The summed E-state index contributed by atoms with van der Waals surface area (Å²) >= 11 is 3.51. The lowest BCUT2D eigenvalue weighted by molar-refractivity contribution is 1.12. The number of nitrogens with zero attached hydrogens (tertiary/aromatic N) is 3. The van der Waals surface area contributed by atoms with E-state index >= 15 is 0 Å². The summed E-state index contributed by atoms with van der Waals surface area (Å²) in [5.41, 5.74) is 6.03. The third kappa shape index (κ3) is 3.82. The van der Waals surface area contributed by atoms with Crippen molar-refractivity contribution >= 4 is 32.7 Å². The van der Waals surface area contributed by atoms with Crippen molar-refractivity contribution < 1.29 is 0 Å². The number of H-pyrrole nitrogens is 1. The molecule has 2 N–H and O–H groups in total. The Hall–Kier alpha value is -3.51. The molecule has 0 radical (unpaired) electrons. The monoisotopic (exact) mass is 455 g/mol. The molecule has 0 aliphatic heterocycles. The second-order valence-corrected chi connectivity index (χ2v) is 7.86. The molecule has 0 aliphatic carbocycles. The van der Waals surface area contributed by atoms with Crippen LogP contribution in [-0.4, -0.2) is 19.9 Å². The van der Waals surface area contributed by atoms with Gasteiger partial charge in [-0.05, 0) is 69.5 Å². The Kier molecular flexibility index (Phi) is 4.99. The molecule has 4 heterocycles. The third-order valence-corrected chi connectivity index (χ3v) is 5.37. The molecule has 0 saturated carbocycles. The fourth-order valence-electron chi connectivity index (χ4n) is 3.49. The molecule has 1 aromatic carbocycles. The van der Waals surface area contributed by atoms with E-state index in [4.69, 9.17) is 4.98 Å². The van der Waals surface area contributed by atoms with E-state index in [2.05, 4.69) is 66.5 Å². The van der Waals surface area contributed by atoms with E-state index < -0.39 is 0 Å². The smallest absolute Gasteiger partial charge is 0.127 e. The van der Waals surface area contributed by atoms with Crippen molar-refractivity contribution in [3.63, 3.8) is 0 Å². The number of hydrogen-bond donors (Lipinski definition) is 2. The van der Waals surface area contributed by atoms with Crippen LogP contribution in [0.3, 0.4) is 0 Å². The van der Waals surface area contributed by atoms with Crippen LogP contribution in [0.1, 0.15) is 5.56 Å². The summed E-state index contributed by atoms with van der Waals surface area (Å²) in [6.07, 6.45) is 7.38. The molecule has 0 fully saturated rings. The van der Waals surface area contributed by atoms with E-state index in [1.165, 1.54) is 10.9 Å². The number of halogens is 1. The van der Waals surface area contributed by atoms with Crippen molar-refractivity contribution in [3.05, 3.63) is 95.5 Å². The first-order valence-corrected chi connectivity index (χ1v) is 10.4. The number of aromatic amines is 1. The van der Waals surface area contributed by atoms with Crippen molar-refractivity contribution in [1.29, 1.82) is 0 Å². The highest BCUT2D eigenvalue weighted by Gasteiger charge is 2.09. The summed E-state index contributed by atoms with van der Waals surface area (Å²) in [4.78, 5) is 16.9. The number of pyridine rings is 3. The Morgan fingerprint density at radius 3 is 2.73 bits per heavy atom. The third-order valence-electron chi connectivity index (χ3n) is 4.94. The van der Waals surface area contributed by atoms with Crippen LogP contribution < -0.4 is 5.32 Å². The van der Waals surface area contributed by atoms with Crippen molar-refractivity contribution in [2.45, 2.75) is 6.54 Å². The van der Waals surface area contributed by atoms with Gasteiger partial charge in [0.25, 0.3) is 0 Å². The summed E-state index contributed by atoms with van der Waals surface area (Å²) in [5, 5.41) is 4.70. The Bertz CT molecular complexity index is 1310. The molecule has 0 saturated heterocycles. The zero-order chi connectivity index (χ0) is 20.3. The van der Waals surface area contributed by atoms with Gasteiger partial charge in [0.1, 0.15) is 5.82 Å². The zero-order valence-electron chi connectivity index (χ0n) is 16.0. The SMILES string of the molecule is Brc1cncc(-c2cc(NCc3cccc4[nH]ccc34)nc(-c3ccccn3)c2)c1. The molecule has 0 aliphatic rings. The molecule has 5 aromatic rings. The summed E-state index contributed by atoms with van der Waals surface area (Å²) in [6.45, 7) is 0.671. The maximum atomic E-state index is 4.82. The van der Waals surface area contributed by atoms with Gasteiger partial charge in [-0.2, -0.15) is 0 Å². The normalized spacial score (nSPS) is 11.0. The van der Waals surface area contributed by atoms with Crippen molar-refractivity contribution in [2.75, 3.05) is 5.32 Å². The average molecular weight is 456 g/mol. The van der Waals surface area contributed by atoms with Gasteiger partial charge in [0, 0.05) is 52.3 Å². The largest absolute Gasteiger partial charge is 0.366 e. The number of benzene rings is 1. The number of rotatable bonds is 5. The lowest BCUT2D eigenvalue weighted by Crippen LogP contribution is -2.03. The van der Waals surface area contributed by atoms with Gasteiger partial charge in [-0.3, -0.25) is 9.97 Å². The highest BCUT2D eigenvalue weighted by Crippen LogP contribution is 2.28. The molecular formula is C24H18BrN5. The Morgan fingerprint density at radius 2 is 1.87 bits per heavy atom. The minimum atomic E-state index is 0.671. The van der Waals surface area contributed by atoms with Crippen LogP contribution in [0.5, 0.6) is 0 Å². The van der Waals surface area contributed by atoms with E-state index in [1.807, 2.05) is 42.7 Å². The zero-order valence-corrected chi connectivity index (χ0v) is 17.6. The lowest BCUT2D eigenvalue weighted by atomic mass is 10.1. The molecular weight excluding hydrogens is 438 g/mol. The molecule has 0 unspecified atom stereocenters. The maximum absolute atomic E-state index is 4.82. The second-order valence-electron chi connectivity index (χ2n) is 6.94. The molecule has 5 nitrogen and oxygen atoms in total. The van der Waals surface area contributed by atoms with Gasteiger partial charge in [-0.25, -0.2) is 4.98 Å². The summed E-state index contributed by atoms with van der Waals surface area (Å²) in [6, 6.07) is 20.4. The van der Waals surface area contributed by atoms with E-state index in [0.717, 1.165) is 38.3 Å². The topological polar surface area (TPSA) is 66.5 Å². The minimum Gasteiger partial charge on any atom is -0.366 e. The van der Waals surface area contributed by atoms with Gasteiger partial charge >= 0.3 is 0 Å². The van der Waals surface area contributed by atoms with Crippen molar-refractivity contribution in [1.82, 2.24) is 19.9 Å². The molecule has 5 rings (SSSR count). The van der Waals surface area contributed by atoms with Crippen LogP contribution in [0.2, 0.25) is 0 Å². The maximum Gasteiger partial charge on any atom is 0.127 e. The molecule has 0 bridgehead atoms. The van der Waals surface area contributed by atoms with Gasteiger partial charge < -0.3 is 10.3 Å². The summed E-state index contributed by atoms with van der Waals surface area (Å²) < 4.78 is 0.935. The van der Waals surface area contributed by atoms with Gasteiger partial charge in [0.15, 0.2) is 0 Å². The average Bonchev–Trinajstić information content (AvgIpc) is 3.28. The fourth-order valence-corrected chi connectivity index (χ4v) is 3.86. The Balaban J connectivity index is 1.53. The van der Waals surface area contributed by atoms with E-state index in [-0.39, 0.29) is 0 Å². The molecule has 0 atom stereocenters. The predicted molar refractivity (Wildman–Crippen MR) is 124 cm³/mol. The van der Waals surface area contributed by atoms with Crippen LogP contribution in [0.15, 0.2) is 89.9 Å². The fraction of sp³-hybridized carbons (Fsp3) is 0.0417. The molecule has 30 heavy (non-hydrogen) atoms. The first kappa shape index (κ1) is 18.5. The molecule has 0 amide bonds. The van der Waals surface area contributed by atoms with Crippen molar-refractivity contribution in [3.8, 4) is 22.5 Å². The van der Waals surface area contributed by atoms with Gasteiger partial charge in [0.2, 0.25) is 0 Å². The standard InChI is InChI=1S/C24H18BrN5/c25-19-10-18(13-26-15-19)17-11-23(22-5-1-2-8-27-22)30-24(12-17)29-14-16-4-3-6-21-20(16)7-9-28-21/h1-13,15,28H,14H2,(H,29,30). The first-order valence-electron chi connectivity index (χ1n) is 9.59. The molecule has 146 valence electrons. The van der Waals surface area contributed by atoms with Gasteiger partial charge in [-0.15, -0.1) is 0 Å². The highest BCUT2D eigenvalue weighted by molar-refractivity contribution is 9.10. The number of anilines is 1. The van der Waals surface area contributed by atoms with Gasteiger partial charge in [0.05, 0.1) is 11.4 Å². The highest BCUT2D eigenvalue weighted by atomic mass is 79.9. The lowest BCUT2D eigenvalue weighted by Gasteiger charge is -2.12. The predicted octanol–water partition coefficient (Wildman–Crippen LogP) is 6.06. The molecule has 6 heteroatoms. The second kappa shape index (κ2) is 8.08. The number of nitrogens with one attached hydrogen (secondary N) is 2. The van der Waals surface area contributed by atoms with Crippen molar-refractivity contribution in [2.24, 2.45) is 0 Å². The number of aromatic nitrogens is 4. The van der Waals surface area contributed by atoms with Gasteiger partial charge in [-0.1, -0.05) is 18.2 Å². The first-order chi connectivity index (χ1) is 14.8. The van der Waals surface area contributed by atoms with E-state index in [9.17, 15) is 0 Å². The quantitative estimate of drug-likeness (QED) is 0.337. The summed E-state index contributed by atoms with van der Waals surface area (Å²) in [5.74, 6) is 0.792. The van der Waals surface area contributed by atoms with Crippen LogP contribution in [0, 0.1) is 0 Å². The van der Waals surface area contributed by atoms with E-state index in [1.54, 1.807) is 12.4 Å². The Morgan fingerprint density at radius 1 is 0.900 bits per heavy atom. The Labute approximate surface area is 182 Å². The molecule has 4 aromatic heterocycles. The number of hydrogen-bond acceptors (Lipinski definition) is 4.